The van der Waals surface area contributed by atoms with Crippen molar-refractivity contribution in [3.63, 3.8) is 0 Å². The highest BCUT2D eigenvalue weighted by molar-refractivity contribution is 5.94. The van der Waals surface area contributed by atoms with Gasteiger partial charge in [-0.15, -0.1) is 0 Å². The Morgan fingerprint density at radius 3 is 3.21 bits per heavy atom. The van der Waals surface area contributed by atoms with Crippen molar-refractivity contribution in [3.05, 3.63) is 23.9 Å². The average Bonchev–Trinajstić information content (AvgIpc) is 2.47. The molecule has 5 nitrogen and oxygen atoms in total. The summed E-state index contributed by atoms with van der Waals surface area (Å²) in [5, 5.41) is 3.12. The summed E-state index contributed by atoms with van der Waals surface area (Å²) >= 11 is 0. The van der Waals surface area contributed by atoms with Gasteiger partial charge in [0.1, 0.15) is 5.82 Å². The number of rotatable bonds is 4. The van der Waals surface area contributed by atoms with E-state index in [9.17, 15) is 4.79 Å². The van der Waals surface area contributed by atoms with Crippen LogP contribution in [-0.4, -0.2) is 48.6 Å². The first-order chi connectivity index (χ1) is 9.24. The minimum absolute atomic E-state index is 0.0586. The third kappa shape index (κ3) is 3.44. The Morgan fingerprint density at radius 1 is 1.63 bits per heavy atom. The van der Waals surface area contributed by atoms with Gasteiger partial charge in [-0.1, -0.05) is 0 Å². The summed E-state index contributed by atoms with van der Waals surface area (Å²) in [6.07, 6.45) is 3.85. The average molecular weight is 263 g/mol. The molecule has 0 saturated carbocycles. The van der Waals surface area contributed by atoms with Crippen LogP contribution >= 0.6 is 0 Å². The molecule has 1 saturated heterocycles. The van der Waals surface area contributed by atoms with Crippen LogP contribution in [0.15, 0.2) is 18.3 Å². The van der Waals surface area contributed by atoms with Gasteiger partial charge in [-0.3, -0.25) is 4.79 Å². The number of piperidine rings is 1. The number of hydrogen-bond donors (Lipinski definition) is 1. The molecule has 19 heavy (non-hydrogen) atoms. The van der Waals surface area contributed by atoms with Crippen LogP contribution in [-0.2, 0) is 4.74 Å². The molecule has 5 heteroatoms. The van der Waals surface area contributed by atoms with Crippen molar-refractivity contribution in [2.75, 3.05) is 32.1 Å². The fraction of sp³-hybridized carbons (Fsp3) is 0.571. The molecule has 1 aromatic heterocycles. The zero-order valence-electron chi connectivity index (χ0n) is 11.6. The molecule has 0 radical (unpaired) electrons. The number of aromatic nitrogens is 1. The van der Waals surface area contributed by atoms with Gasteiger partial charge in [0.15, 0.2) is 0 Å². The van der Waals surface area contributed by atoms with Crippen LogP contribution in [0.1, 0.15) is 30.1 Å². The molecule has 0 aromatic carbocycles. The third-order valence-electron chi connectivity index (χ3n) is 3.36. The number of likely N-dealkylation sites (tertiary alicyclic amines) is 1. The number of ether oxygens (including phenoxy) is 1. The quantitative estimate of drug-likeness (QED) is 0.899. The molecule has 104 valence electrons. The summed E-state index contributed by atoms with van der Waals surface area (Å²) in [5.74, 6) is 0.803. The molecule has 0 bridgehead atoms. The molecule has 0 aliphatic carbocycles. The maximum Gasteiger partial charge on any atom is 0.254 e. The summed E-state index contributed by atoms with van der Waals surface area (Å²) in [6, 6.07) is 3.57. The number of pyridine rings is 1. The van der Waals surface area contributed by atoms with Crippen molar-refractivity contribution in [1.29, 1.82) is 0 Å². The zero-order chi connectivity index (χ0) is 13.7. The number of nitrogens with zero attached hydrogens (tertiary/aromatic N) is 2. The van der Waals surface area contributed by atoms with Crippen molar-refractivity contribution in [2.24, 2.45) is 0 Å². The fourth-order valence-corrected chi connectivity index (χ4v) is 2.34. The Kier molecular flexibility index (Phi) is 4.74. The first kappa shape index (κ1) is 13.8. The second kappa shape index (κ2) is 6.52. The van der Waals surface area contributed by atoms with Crippen LogP contribution in [0.5, 0.6) is 0 Å². The molecule has 1 unspecified atom stereocenters. The van der Waals surface area contributed by atoms with Crippen LogP contribution in [0.25, 0.3) is 0 Å². The van der Waals surface area contributed by atoms with Crippen molar-refractivity contribution in [1.82, 2.24) is 9.88 Å². The van der Waals surface area contributed by atoms with Gasteiger partial charge in [-0.25, -0.2) is 4.98 Å². The second-order valence-electron chi connectivity index (χ2n) is 4.71. The number of anilines is 1. The molecule has 1 amide bonds. The van der Waals surface area contributed by atoms with Gasteiger partial charge in [0.2, 0.25) is 0 Å². The van der Waals surface area contributed by atoms with E-state index in [4.69, 9.17) is 4.74 Å². The Hall–Kier alpha value is -1.62. The molecule has 1 fully saturated rings. The van der Waals surface area contributed by atoms with Crippen LogP contribution in [0, 0.1) is 0 Å². The topological polar surface area (TPSA) is 54.5 Å². The third-order valence-corrected chi connectivity index (χ3v) is 3.36. The first-order valence-corrected chi connectivity index (χ1v) is 6.76. The van der Waals surface area contributed by atoms with E-state index >= 15 is 0 Å². The van der Waals surface area contributed by atoms with E-state index in [1.54, 1.807) is 19.4 Å². The van der Waals surface area contributed by atoms with E-state index in [1.165, 1.54) is 0 Å². The predicted molar refractivity (Wildman–Crippen MR) is 74.3 cm³/mol. The minimum atomic E-state index is 0.0586. The highest BCUT2D eigenvalue weighted by atomic mass is 16.5. The van der Waals surface area contributed by atoms with Crippen molar-refractivity contribution < 1.29 is 9.53 Å². The van der Waals surface area contributed by atoms with E-state index in [-0.39, 0.29) is 12.0 Å². The lowest BCUT2D eigenvalue weighted by Crippen LogP contribution is -2.42. The largest absolute Gasteiger partial charge is 0.380 e. The van der Waals surface area contributed by atoms with Gasteiger partial charge < -0.3 is 15.0 Å². The highest BCUT2D eigenvalue weighted by Crippen LogP contribution is 2.16. The Labute approximate surface area is 114 Å². The number of hydrogen-bond acceptors (Lipinski definition) is 4. The SMILES string of the molecule is CCNc1cc(C(=O)N2CCCC(OC)C2)ccn1. The van der Waals surface area contributed by atoms with E-state index in [2.05, 4.69) is 10.3 Å². The van der Waals surface area contributed by atoms with Crippen molar-refractivity contribution >= 4 is 11.7 Å². The maximum atomic E-state index is 12.4. The lowest BCUT2D eigenvalue weighted by molar-refractivity contribution is 0.0269. The molecule has 1 atom stereocenters. The minimum Gasteiger partial charge on any atom is -0.380 e. The summed E-state index contributed by atoms with van der Waals surface area (Å²) in [4.78, 5) is 18.5. The molecule has 1 aliphatic heterocycles. The molecule has 1 aromatic rings. The van der Waals surface area contributed by atoms with Gasteiger partial charge in [0, 0.05) is 38.5 Å². The molecule has 2 rings (SSSR count). The number of nitrogens with one attached hydrogen (secondary N) is 1. The molecular formula is C14H21N3O2. The number of methoxy groups -OCH3 is 1. The Morgan fingerprint density at radius 2 is 2.47 bits per heavy atom. The van der Waals surface area contributed by atoms with Gasteiger partial charge in [-0.2, -0.15) is 0 Å². The fourth-order valence-electron chi connectivity index (χ4n) is 2.34. The summed E-state index contributed by atoms with van der Waals surface area (Å²) < 4.78 is 5.35. The van der Waals surface area contributed by atoms with Crippen molar-refractivity contribution in [3.8, 4) is 0 Å². The lowest BCUT2D eigenvalue weighted by atomic mass is 10.1. The maximum absolute atomic E-state index is 12.4. The second-order valence-corrected chi connectivity index (χ2v) is 4.71. The molecular weight excluding hydrogens is 242 g/mol. The lowest BCUT2D eigenvalue weighted by Gasteiger charge is -2.32. The standard InChI is InChI=1S/C14H21N3O2/c1-3-15-13-9-11(6-7-16-13)14(18)17-8-4-5-12(10-17)19-2/h6-7,9,12H,3-5,8,10H2,1-2H3,(H,15,16). The number of amides is 1. The van der Waals surface area contributed by atoms with Gasteiger partial charge >= 0.3 is 0 Å². The smallest absolute Gasteiger partial charge is 0.254 e. The van der Waals surface area contributed by atoms with E-state index in [1.807, 2.05) is 17.9 Å². The molecule has 1 aliphatic rings. The van der Waals surface area contributed by atoms with Crippen molar-refractivity contribution in [2.45, 2.75) is 25.9 Å². The van der Waals surface area contributed by atoms with Crippen LogP contribution in [0.4, 0.5) is 5.82 Å². The molecule has 0 spiro atoms. The summed E-state index contributed by atoms with van der Waals surface area (Å²) in [5.41, 5.74) is 0.683. The van der Waals surface area contributed by atoms with Gasteiger partial charge in [0.25, 0.3) is 5.91 Å². The van der Waals surface area contributed by atoms with Crippen LogP contribution < -0.4 is 5.32 Å². The highest BCUT2D eigenvalue weighted by Gasteiger charge is 2.24. The van der Waals surface area contributed by atoms with Crippen LogP contribution in [0.3, 0.4) is 0 Å². The number of carbonyl (C=O) groups excluding carboxylic acids is 1. The molecule has 2 heterocycles. The number of carbonyl (C=O) groups is 1. The van der Waals surface area contributed by atoms with E-state index < -0.39 is 0 Å². The summed E-state index contributed by atoms with van der Waals surface area (Å²) in [7, 11) is 1.70. The normalized spacial score (nSPS) is 19.3. The Bertz CT molecular complexity index is 436. The van der Waals surface area contributed by atoms with Crippen LogP contribution in [0.2, 0.25) is 0 Å². The summed E-state index contributed by atoms with van der Waals surface area (Å²) in [6.45, 7) is 4.27. The molecule has 1 N–H and O–H groups in total. The van der Waals surface area contributed by atoms with Gasteiger partial charge in [0.05, 0.1) is 6.10 Å². The zero-order valence-corrected chi connectivity index (χ0v) is 11.6. The van der Waals surface area contributed by atoms with E-state index in [0.29, 0.717) is 12.1 Å². The monoisotopic (exact) mass is 263 g/mol. The van der Waals surface area contributed by atoms with E-state index in [0.717, 1.165) is 31.7 Å². The first-order valence-electron chi connectivity index (χ1n) is 6.76. The van der Waals surface area contributed by atoms with Gasteiger partial charge in [-0.05, 0) is 31.9 Å². The predicted octanol–water partition coefficient (Wildman–Crippen LogP) is 1.76. The Balaban J connectivity index is 2.08.